The summed E-state index contributed by atoms with van der Waals surface area (Å²) < 4.78 is 1.91. The number of hydrogen-bond donors (Lipinski definition) is 1. The van der Waals surface area contributed by atoms with E-state index in [1.165, 1.54) is 27.8 Å². The molecule has 0 aliphatic heterocycles. The molecular weight excluding hydrogens is 310 g/mol. The molecule has 0 aliphatic rings. The maximum atomic E-state index is 12.2. The van der Waals surface area contributed by atoms with Crippen molar-refractivity contribution < 1.29 is 4.79 Å². The number of nitrogens with one attached hydrogen (secondary N) is 1. The van der Waals surface area contributed by atoms with E-state index >= 15 is 0 Å². The van der Waals surface area contributed by atoms with E-state index in [0.717, 1.165) is 18.5 Å². The van der Waals surface area contributed by atoms with Gasteiger partial charge in [-0.1, -0.05) is 25.5 Å². The fourth-order valence-corrected chi connectivity index (χ4v) is 3.18. The second-order valence-electron chi connectivity index (χ2n) is 5.31. The first-order valence-corrected chi connectivity index (χ1v) is 8.37. The third-order valence-corrected chi connectivity index (χ3v) is 4.42. The Kier molecular flexibility index (Phi) is 4.52. The molecule has 0 saturated carbocycles. The van der Waals surface area contributed by atoms with E-state index in [1.54, 1.807) is 6.07 Å². The summed E-state index contributed by atoms with van der Waals surface area (Å²) in [5.41, 5.74) is 2.46. The molecule has 0 bridgehead atoms. The van der Waals surface area contributed by atoms with Gasteiger partial charge in [-0.25, -0.2) is 4.98 Å². The maximum absolute atomic E-state index is 12.2. The van der Waals surface area contributed by atoms with Gasteiger partial charge in [-0.05, 0) is 35.6 Å². The van der Waals surface area contributed by atoms with Crippen LogP contribution in [0.2, 0.25) is 0 Å². The highest BCUT2D eigenvalue weighted by Gasteiger charge is 2.09. The van der Waals surface area contributed by atoms with Gasteiger partial charge in [-0.3, -0.25) is 14.2 Å². The van der Waals surface area contributed by atoms with Crippen molar-refractivity contribution in [2.75, 3.05) is 5.32 Å². The SMILES string of the molecule is CCCc1ccc(NC(=O)Cn2cnc3ccsc3c2=O)cc1. The lowest BCUT2D eigenvalue weighted by atomic mass is 10.1. The minimum atomic E-state index is -0.243. The highest BCUT2D eigenvalue weighted by molar-refractivity contribution is 7.17. The summed E-state index contributed by atoms with van der Waals surface area (Å²) in [6.07, 6.45) is 3.53. The topological polar surface area (TPSA) is 64.0 Å². The van der Waals surface area contributed by atoms with Crippen LogP contribution in [0, 0.1) is 0 Å². The van der Waals surface area contributed by atoms with E-state index in [4.69, 9.17) is 0 Å². The van der Waals surface area contributed by atoms with Crippen LogP contribution in [-0.4, -0.2) is 15.5 Å². The number of carbonyl (C=O) groups is 1. The van der Waals surface area contributed by atoms with Crippen LogP contribution in [0.4, 0.5) is 5.69 Å². The number of anilines is 1. The third kappa shape index (κ3) is 3.48. The van der Waals surface area contributed by atoms with Gasteiger partial charge < -0.3 is 5.32 Å². The second-order valence-corrected chi connectivity index (χ2v) is 6.22. The number of benzene rings is 1. The number of rotatable bonds is 5. The molecule has 0 fully saturated rings. The van der Waals surface area contributed by atoms with Crippen LogP contribution in [0.3, 0.4) is 0 Å². The molecule has 3 rings (SSSR count). The lowest BCUT2D eigenvalue weighted by molar-refractivity contribution is -0.116. The summed E-state index contributed by atoms with van der Waals surface area (Å²) in [5.74, 6) is -0.243. The molecule has 0 radical (unpaired) electrons. The Balaban J connectivity index is 1.70. The smallest absolute Gasteiger partial charge is 0.271 e. The lowest BCUT2D eigenvalue weighted by Crippen LogP contribution is -2.27. The van der Waals surface area contributed by atoms with Crippen molar-refractivity contribution in [1.82, 2.24) is 9.55 Å². The largest absolute Gasteiger partial charge is 0.325 e. The van der Waals surface area contributed by atoms with Crippen LogP contribution in [0.25, 0.3) is 10.2 Å². The summed E-state index contributed by atoms with van der Waals surface area (Å²) in [6, 6.07) is 9.57. The fraction of sp³-hybridized carbons (Fsp3) is 0.235. The molecule has 1 amide bonds. The first-order valence-electron chi connectivity index (χ1n) is 7.49. The van der Waals surface area contributed by atoms with Crippen molar-refractivity contribution in [3.05, 3.63) is 58.0 Å². The Morgan fingerprint density at radius 2 is 2.04 bits per heavy atom. The summed E-state index contributed by atoms with van der Waals surface area (Å²) in [7, 11) is 0. The molecule has 0 saturated heterocycles. The molecule has 0 unspecified atom stereocenters. The Bertz CT molecular complexity index is 881. The number of nitrogens with zero attached hydrogens (tertiary/aromatic N) is 2. The van der Waals surface area contributed by atoms with Crippen molar-refractivity contribution in [2.24, 2.45) is 0 Å². The monoisotopic (exact) mass is 327 g/mol. The van der Waals surface area contributed by atoms with Crippen LogP contribution in [0.1, 0.15) is 18.9 Å². The van der Waals surface area contributed by atoms with E-state index < -0.39 is 0 Å². The number of fused-ring (bicyclic) bond motifs is 1. The summed E-state index contributed by atoms with van der Waals surface area (Å²) in [6.45, 7) is 2.09. The minimum absolute atomic E-state index is 0.0453. The minimum Gasteiger partial charge on any atom is -0.325 e. The van der Waals surface area contributed by atoms with Gasteiger partial charge in [-0.2, -0.15) is 0 Å². The van der Waals surface area contributed by atoms with Gasteiger partial charge in [0, 0.05) is 5.69 Å². The maximum Gasteiger partial charge on any atom is 0.271 e. The van der Waals surface area contributed by atoms with E-state index in [-0.39, 0.29) is 18.0 Å². The number of thiophene rings is 1. The Labute approximate surface area is 137 Å². The van der Waals surface area contributed by atoms with E-state index in [9.17, 15) is 9.59 Å². The van der Waals surface area contributed by atoms with Gasteiger partial charge in [0.25, 0.3) is 5.56 Å². The molecule has 1 aromatic carbocycles. The fourth-order valence-electron chi connectivity index (χ4n) is 2.39. The summed E-state index contributed by atoms with van der Waals surface area (Å²) in [5, 5.41) is 4.63. The van der Waals surface area contributed by atoms with Gasteiger partial charge in [0.15, 0.2) is 0 Å². The Hall–Kier alpha value is -2.47. The first-order chi connectivity index (χ1) is 11.2. The molecule has 2 heterocycles. The Morgan fingerprint density at radius 3 is 2.78 bits per heavy atom. The number of carbonyl (C=O) groups excluding carboxylic acids is 1. The summed E-state index contributed by atoms with van der Waals surface area (Å²) >= 11 is 1.34. The molecule has 0 spiro atoms. The quantitative estimate of drug-likeness (QED) is 0.783. The highest BCUT2D eigenvalue weighted by atomic mass is 32.1. The van der Waals surface area contributed by atoms with Gasteiger partial charge >= 0.3 is 0 Å². The van der Waals surface area contributed by atoms with Crippen molar-refractivity contribution >= 4 is 33.1 Å². The molecule has 3 aromatic rings. The van der Waals surface area contributed by atoms with E-state index in [2.05, 4.69) is 17.2 Å². The molecule has 1 N–H and O–H groups in total. The van der Waals surface area contributed by atoms with Crippen molar-refractivity contribution in [2.45, 2.75) is 26.3 Å². The van der Waals surface area contributed by atoms with Crippen LogP contribution in [-0.2, 0) is 17.8 Å². The van der Waals surface area contributed by atoms with Crippen LogP contribution in [0.5, 0.6) is 0 Å². The van der Waals surface area contributed by atoms with Crippen LogP contribution < -0.4 is 10.9 Å². The number of aromatic nitrogens is 2. The highest BCUT2D eigenvalue weighted by Crippen LogP contribution is 2.13. The second kappa shape index (κ2) is 6.75. The predicted octanol–water partition coefficient (Wildman–Crippen LogP) is 3.05. The van der Waals surface area contributed by atoms with Crippen molar-refractivity contribution in [3.8, 4) is 0 Å². The molecule has 5 nitrogen and oxygen atoms in total. The molecule has 118 valence electrons. The lowest BCUT2D eigenvalue weighted by Gasteiger charge is -2.08. The van der Waals surface area contributed by atoms with E-state index in [0.29, 0.717) is 10.2 Å². The van der Waals surface area contributed by atoms with Gasteiger partial charge in [0.2, 0.25) is 5.91 Å². The molecule has 2 aromatic heterocycles. The zero-order chi connectivity index (χ0) is 16.2. The Morgan fingerprint density at radius 1 is 1.26 bits per heavy atom. The average molecular weight is 327 g/mol. The number of aryl methyl sites for hydroxylation is 1. The van der Waals surface area contributed by atoms with Crippen molar-refractivity contribution in [1.29, 1.82) is 0 Å². The molecule has 6 heteroatoms. The zero-order valence-corrected chi connectivity index (χ0v) is 13.6. The molecular formula is C17H17N3O2S. The van der Waals surface area contributed by atoms with Gasteiger partial charge in [0.05, 0.1) is 11.8 Å². The third-order valence-electron chi connectivity index (χ3n) is 3.53. The molecule has 23 heavy (non-hydrogen) atoms. The van der Waals surface area contributed by atoms with Gasteiger partial charge in [0.1, 0.15) is 11.2 Å². The normalized spacial score (nSPS) is 10.8. The zero-order valence-electron chi connectivity index (χ0n) is 12.8. The predicted molar refractivity (Wildman–Crippen MR) is 92.9 cm³/mol. The number of amides is 1. The summed E-state index contributed by atoms with van der Waals surface area (Å²) in [4.78, 5) is 28.6. The first kappa shape index (κ1) is 15.4. The van der Waals surface area contributed by atoms with Crippen LogP contribution in [0.15, 0.2) is 46.8 Å². The van der Waals surface area contributed by atoms with E-state index in [1.807, 2.05) is 29.6 Å². The van der Waals surface area contributed by atoms with Gasteiger partial charge in [-0.15, -0.1) is 11.3 Å². The van der Waals surface area contributed by atoms with Crippen LogP contribution >= 0.6 is 11.3 Å². The van der Waals surface area contributed by atoms with Crippen molar-refractivity contribution in [3.63, 3.8) is 0 Å². The number of hydrogen-bond acceptors (Lipinski definition) is 4. The standard InChI is InChI=1S/C17H17N3O2S/c1-2-3-12-4-6-13(7-5-12)19-15(21)10-20-11-18-14-8-9-23-16(14)17(20)22/h4-9,11H,2-3,10H2,1H3,(H,19,21). The molecule has 0 aliphatic carbocycles. The average Bonchev–Trinajstić information content (AvgIpc) is 3.02. The molecule has 0 atom stereocenters.